The van der Waals surface area contributed by atoms with Crippen molar-refractivity contribution in [3.8, 4) is 23.0 Å². The van der Waals surface area contributed by atoms with E-state index in [0.717, 1.165) is 17.2 Å². The molecule has 3 rings (SSSR count). The van der Waals surface area contributed by atoms with Gasteiger partial charge in [0.2, 0.25) is 5.78 Å². The Kier molecular flexibility index (Phi) is 6.41. The highest BCUT2D eigenvalue weighted by Crippen LogP contribution is 2.46. The van der Waals surface area contributed by atoms with E-state index in [4.69, 9.17) is 4.74 Å². The summed E-state index contributed by atoms with van der Waals surface area (Å²) in [5.41, 5.74) is 3.49. The van der Waals surface area contributed by atoms with E-state index in [1.807, 2.05) is 39.8 Å². The van der Waals surface area contributed by atoms with E-state index in [-0.39, 0.29) is 22.8 Å². The number of carbonyl (C=O) groups excluding carboxylic acids is 1. The molecule has 31 heavy (non-hydrogen) atoms. The zero-order valence-electron chi connectivity index (χ0n) is 18.1. The van der Waals surface area contributed by atoms with Gasteiger partial charge in [-0.25, -0.2) is 0 Å². The monoisotopic (exact) mass is 424 g/mol. The number of benzene rings is 2. The smallest absolute Gasteiger partial charge is 0.202 e. The molecule has 2 aromatic rings. The molecule has 164 valence electrons. The molecule has 2 atom stereocenters. The van der Waals surface area contributed by atoms with Crippen molar-refractivity contribution in [3.05, 3.63) is 69.8 Å². The van der Waals surface area contributed by atoms with Crippen LogP contribution in [-0.4, -0.2) is 32.3 Å². The molecule has 0 saturated heterocycles. The number of Topliss-reactive ketones (excluding diaryl/α,β-unsaturated/α-hetero) is 1. The number of ketones is 1. The van der Waals surface area contributed by atoms with Crippen molar-refractivity contribution in [1.82, 2.24) is 0 Å². The lowest BCUT2D eigenvalue weighted by molar-refractivity contribution is 0.0206. The maximum absolute atomic E-state index is 12.9. The molecule has 1 aliphatic heterocycles. The van der Waals surface area contributed by atoms with Gasteiger partial charge in [0.15, 0.2) is 12.2 Å². The van der Waals surface area contributed by atoms with Gasteiger partial charge in [-0.05, 0) is 63.8 Å². The zero-order chi connectivity index (χ0) is 22.9. The van der Waals surface area contributed by atoms with Gasteiger partial charge in [0.25, 0.3) is 0 Å². The summed E-state index contributed by atoms with van der Waals surface area (Å²) in [6, 6.07) is 5.88. The Morgan fingerprint density at radius 1 is 0.935 bits per heavy atom. The molecule has 4 N–H and O–H groups in total. The van der Waals surface area contributed by atoms with E-state index in [2.05, 4.69) is 0 Å². The van der Waals surface area contributed by atoms with Crippen LogP contribution in [0.15, 0.2) is 47.6 Å². The fourth-order valence-electron chi connectivity index (χ4n) is 3.53. The second kappa shape index (κ2) is 8.86. The lowest BCUT2D eigenvalue weighted by Gasteiger charge is -2.32. The molecule has 0 fully saturated rings. The van der Waals surface area contributed by atoms with Gasteiger partial charge >= 0.3 is 0 Å². The summed E-state index contributed by atoms with van der Waals surface area (Å²) in [5, 5.41) is 41.5. The third-order valence-electron chi connectivity index (χ3n) is 5.26. The maximum atomic E-state index is 12.9. The predicted octanol–water partition coefficient (Wildman–Crippen LogP) is 4.50. The number of rotatable bonds is 5. The van der Waals surface area contributed by atoms with Crippen LogP contribution in [0.2, 0.25) is 0 Å². The van der Waals surface area contributed by atoms with Crippen LogP contribution in [0.3, 0.4) is 0 Å². The molecule has 1 heterocycles. The highest BCUT2D eigenvalue weighted by Gasteiger charge is 2.40. The molecule has 6 heteroatoms. The molecule has 2 aromatic carbocycles. The number of hydrogen-bond acceptors (Lipinski definition) is 6. The summed E-state index contributed by atoms with van der Waals surface area (Å²) in [7, 11) is 0. The quantitative estimate of drug-likeness (QED) is 0.527. The number of carbonyl (C=O) groups is 1. The molecular formula is C25H28O6. The highest BCUT2D eigenvalue weighted by molar-refractivity contribution is 6.06. The Hall–Kier alpha value is -3.25. The first-order chi connectivity index (χ1) is 14.6. The third kappa shape index (κ3) is 4.59. The van der Waals surface area contributed by atoms with Crippen LogP contribution in [0.1, 0.15) is 60.8 Å². The van der Waals surface area contributed by atoms with Crippen molar-refractivity contribution in [1.29, 1.82) is 0 Å². The molecule has 1 aliphatic rings. The fraction of sp³-hybridized carbons (Fsp3) is 0.320. The third-order valence-corrected chi connectivity index (χ3v) is 5.26. The Labute approximate surface area is 181 Å². The number of hydrogen-bond donors (Lipinski definition) is 4. The molecule has 0 bridgehead atoms. The Morgan fingerprint density at radius 3 is 2.23 bits per heavy atom. The second-order valence-corrected chi connectivity index (χ2v) is 8.30. The van der Waals surface area contributed by atoms with Crippen LogP contribution >= 0.6 is 0 Å². The summed E-state index contributed by atoms with van der Waals surface area (Å²) in [6.45, 7) is 7.73. The minimum atomic E-state index is -1.54. The van der Waals surface area contributed by atoms with E-state index >= 15 is 0 Å². The fourth-order valence-corrected chi connectivity index (χ4v) is 3.53. The van der Waals surface area contributed by atoms with Gasteiger partial charge in [-0.3, -0.25) is 4.79 Å². The van der Waals surface area contributed by atoms with Gasteiger partial charge in [-0.1, -0.05) is 29.4 Å². The topological polar surface area (TPSA) is 107 Å². The number of aromatic hydroxyl groups is 3. The van der Waals surface area contributed by atoms with E-state index in [9.17, 15) is 25.2 Å². The number of aliphatic hydroxyl groups excluding tert-OH is 1. The SMILES string of the molecule is CC(C)=CCc1cc([C@H]2Oc3c(CC=C(C)C)c(O)cc(O)c3C(=O)[C@@H]2O)ccc1O. The zero-order valence-corrected chi connectivity index (χ0v) is 18.1. The average molecular weight is 424 g/mol. The number of phenolic OH excluding ortho intramolecular Hbond substituents is 3. The first kappa shape index (κ1) is 22.4. The second-order valence-electron chi connectivity index (χ2n) is 8.30. The van der Waals surface area contributed by atoms with Crippen LogP contribution in [0.25, 0.3) is 0 Å². The van der Waals surface area contributed by atoms with Crippen molar-refractivity contribution < 1.29 is 30.0 Å². The Morgan fingerprint density at radius 2 is 1.58 bits per heavy atom. The van der Waals surface area contributed by atoms with E-state index in [1.54, 1.807) is 12.1 Å². The van der Waals surface area contributed by atoms with Gasteiger partial charge in [0.1, 0.15) is 28.6 Å². The number of phenols is 3. The van der Waals surface area contributed by atoms with E-state index in [1.165, 1.54) is 6.07 Å². The van der Waals surface area contributed by atoms with Crippen molar-refractivity contribution in [2.24, 2.45) is 0 Å². The van der Waals surface area contributed by atoms with Gasteiger partial charge in [-0.2, -0.15) is 0 Å². The summed E-state index contributed by atoms with van der Waals surface area (Å²) in [4.78, 5) is 12.9. The number of ether oxygens (including phenoxy) is 1. The van der Waals surface area contributed by atoms with Gasteiger partial charge in [0.05, 0.1) is 0 Å². The summed E-state index contributed by atoms with van der Waals surface area (Å²) in [6.07, 6.45) is 2.04. The Bertz CT molecular complexity index is 1070. The molecule has 0 amide bonds. The normalized spacial score (nSPS) is 17.5. The Balaban J connectivity index is 2.09. The minimum absolute atomic E-state index is 0.0641. The average Bonchev–Trinajstić information content (AvgIpc) is 2.69. The molecule has 0 radical (unpaired) electrons. The molecule has 0 saturated carbocycles. The summed E-state index contributed by atoms with van der Waals surface area (Å²) in [5.74, 6) is -1.13. The molecule has 0 aliphatic carbocycles. The van der Waals surface area contributed by atoms with Gasteiger partial charge in [0, 0.05) is 11.6 Å². The molecular weight excluding hydrogens is 396 g/mol. The van der Waals surface area contributed by atoms with E-state index in [0.29, 0.717) is 29.5 Å². The summed E-state index contributed by atoms with van der Waals surface area (Å²) >= 11 is 0. The molecule has 0 aromatic heterocycles. The first-order valence-corrected chi connectivity index (χ1v) is 10.1. The van der Waals surface area contributed by atoms with Crippen LogP contribution in [-0.2, 0) is 12.8 Å². The minimum Gasteiger partial charge on any atom is -0.508 e. The van der Waals surface area contributed by atoms with Crippen LogP contribution in [0.5, 0.6) is 23.0 Å². The lowest BCUT2D eigenvalue weighted by atomic mass is 9.89. The number of aliphatic hydroxyl groups is 1. The molecule has 0 unspecified atom stereocenters. The van der Waals surface area contributed by atoms with Crippen LogP contribution in [0, 0.1) is 0 Å². The van der Waals surface area contributed by atoms with Crippen molar-refractivity contribution in [3.63, 3.8) is 0 Å². The van der Waals surface area contributed by atoms with Crippen LogP contribution in [0.4, 0.5) is 0 Å². The van der Waals surface area contributed by atoms with Crippen molar-refractivity contribution in [2.75, 3.05) is 0 Å². The number of fused-ring (bicyclic) bond motifs is 1. The predicted molar refractivity (Wildman–Crippen MR) is 118 cm³/mol. The van der Waals surface area contributed by atoms with E-state index < -0.39 is 23.7 Å². The largest absolute Gasteiger partial charge is 0.508 e. The molecule has 6 nitrogen and oxygen atoms in total. The first-order valence-electron chi connectivity index (χ1n) is 10.1. The lowest BCUT2D eigenvalue weighted by Crippen LogP contribution is -2.36. The molecule has 0 spiro atoms. The van der Waals surface area contributed by atoms with Gasteiger partial charge in [-0.15, -0.1) is 0 Å². The maximum Gasteiger partial charge on any atom is 0.202 e. The number of allylic oxidation sites excluding steroid dienone is 4. The van der Waals surface area contributed by atoms with Gasteiger partial charge < -0.3 is 25.2 Å². The van der Waals surface area contributed by atoms with Crippen molar-refractivity contribution in [2.45, 2.75) is 52.7 Å². The summed E-state index contributed by atoms with van der Waals surface area (Å²) < 4.78 is 6.03. The van der Waals surface area contributed by atoms with Crippen molar-refractivity contribution >= 4 is 5.78 Å². The van der Waals surface area contributed by atoms with Crippen LogP contribution < -0.4 is 4.74 Å². The standard InChI is InChI=1S/C25H28O6/c1-13(2)5-7-15-11-16(8-10-18(15)26)24-23(30)22(29)21-20(28)12-19(27)17(25(21)31-24)9-6-14(3)4/h5-6,8,10-12,23-24,26-28,30H,7,9H2,1-4H3/t23-,24+/m0/s1. The highest BCUT2D eigenvalue weighted by atomic mass is 16.5.